The molecule has 0 bridgehead atoms. The highest BCUT2D eigenvalue weighted by Crippen LogP contribution is 2.37. The van der Waals surface area contributed by atoms with Crippen LogP contribution in [-0.4, -0.2) is 5.84 Å². The van der Waals surface area contributed by atoms with Crippen LogP contribution in [0.1, 0.15) is 19.4 Å². The molecule has 0 aliphatic carbocycles. The van der Waals surface area contributed by atoms with E-state index in [1.165, 1.54) is 12.1 Å². The predicted octanol–water partition coefficient (Wildman–Crippen LogP) is 4.00. The molecule has 17 heavy (non-hydrogen) atoms. The van der Waals surface area contributed by atoms with E-state index in [0.717, 1.165) is 6.07 Å². The summed E-state index contributed by atoms with van der Waals surface area (Å²) in [4.78, 5) is 3.78. The standard InChI is InChI=1S/C11H12ClF3N2/c1-6(2)10(16)17-9-4-3-7(12)5-8(9)11(13,14)15/h3-6H,1-2H3,(H2,16,17). The summed E-state index contributed by atoms with van der Waals surface area (Å²) in [6, 6.07) is 3.40. The number of nitrogens with zero attached hydrogens (tertiary/aromatic N) is 1. The minimum absolute atomic E-state index is 0.0133. The lowest BCUT2D eigenvalue weighted by Crippen LogP contribution is -2.18. The van der Waals surface area contributed by atoms with Gasteiger partial charge in [-0.2, -0.15) is 13.2 Å². The van der Waals surface area contributed by atoms with Gasteiger partial charge in [0, 0.05) is 10.9 Å². The van der Waals surface area contributed by atoms with Gasteiger partial charge in [0.2, 0.25) is 0 Å². The molecule has 0 saturated heterocycles. The molecule has 2 N–H and O–H groups in total. The first-order valence-corrected chi connectivity index (χ1v) is 5.30. The molecule has 0 unspecified atom stereocenters. The number of rotatable bonds is 2. The van der Waals surface area contributed by atoms with Gasteiger partial charge in [0.05, 0.1) is 11.3 Å². The Labute approximate surface area is 102 Å². The monoisotopic (exact) mass is 264 g/mol. The first-order valence-electron chi connectivity index (χ1n) is 4.92. The van der Waals surface area contributed by atoms with Crippen LogP contribution in [0.2, 0.25) is 5.02 Å². The van der Waals surface area contributed by atoms with E-state index >= 15 is 0 Å². The van der Waals surface area contributed by atoms with E-state index in [-0.39, 0.29) is 22.5 Å². The molecule has 1 rings (SSSR count). The Morgan fingerprint density at radius 1 is 1.35 bits per heavy atom. The van der Waals surface area contributed by atoms with E-state index in [2.05, 4.69) is 4.99 Å². The zero-order chi connectivity index (χ0) is 13.2. The van der Waals surface area contributed by atoms with Crippen molar-refractivity contribution in [3.05, 3.63) is 28.8 Å². The van der Waals surface area contributed by atoms with Crippen LogP contribution in [0.4, 0.5) is 18.9 Å². The van der Waals surface area contributed by atoms with Crippen LogP contribution in [0.25, 0.3) is 0 Å². The third-order valence-electron chi connectivity index (χ3n) is 2.11. The maximum Gasteiger partial charge on any atom is 0.418 e. The molecule has 0 aliphatic heterocycles. The number of benzene rings is 1. The highest BCUT2D eigenvalue weighted by molar-refractivity contribution is 6.30. The summed E-state index contributed by atoms with van der Waals surface area (Å²) in [5, 5.41) is 0.0133. The van der Waals surface area contributed by atoms with E-state index in [1.54, 1.807) is 13.8 Å². The van der Waals surface area contributed by atoms with Gasteiger partial charge in [-0.25, -0.2) is 4.99 Å². The molecule has 0 amide bonds. The van der Waals surface area contributed by atoms with Crippen LogP contribution in [0.3, 0.4) is 0 Å². The normalized spacial score (nSPS) is 13.2. The van der Waals surface area contributed by atoms with Crippen molar-refractivity contribution < 1.29 is 13.2 Å². The van der Waals surface area contributed by atoms with Crippen LogP contribution in [0.15, 0.2) is 23.2 Å². The summed E-state index contributed by atoms with van der Waals surface area (Å²) in [6.45, 7) is 3.50. The second-order valence-electron chi connectivity index (χ2n) is 3.85. The molecule has 6 heteroatoms. The molecule has 0 atom stereocenters. The number of nitrogens with two attached hydrogens (primary N) is 1. The number of aliphatic imine (C=N–C) groups is 1. The fourth-order valence-electron chi connectivity index (χ4n) is 1.10. The molecule has 94 valence electrons. The largest absolute Gasteiger partial charge is 0.418 e. The topological polar surface area (TPSA) is 38.4 Å². The van der Waals surface area contributed by atoms with Crippen LogP contribution in [-0.2, 0) is 6.18 Å². The molecule has 1 aromatic carbocycles. The molecule has 0 aliphatic rings. The van der Waals surface area contributed by atoms with Gasteiger partial charge in [0.1, 0.15) is 5.84 Å². The van der Waals surface area contributed by atoms with Crippen molar-refractivity contribution in [1.29, 1.82) is 0 Å². The Bertz CT molecular complexity index is 439. The van der Waals surface area contributed by atoms with Crippen molar-refractivity contribution in [1.82, 2.24) is 0 Å². The van der Waals surface area contributed by atoms with Gasteiger partial charge in [-0.15, -0.1) is 0 Å². The minimum Gasteiger partial charge on any atom is -0.387 e. The summed E-state index contributed by atoms with van der Waals surface area (Å²) < 4.78 is 38.1. The van der Waals surface area contributed by atoms with Crippen molar-refractivity contribution in [3.63, 3.8) is 0 Å². The van der Waals surface area contributed by atoms with E-state index in [1.807, 2.05) is 0 Å². The summed E-state index contributed by atoms with van der Waals surface area (Å²) >= 11 is 5.54. The molecule has 2 nitrogen and oxygen atoms in total. The number of hydrogen-bond acceptors (Lipinski definition) is 1. The Balaban J connectivity index is 3.30. The number of amidine groups is 1. The second-order valence-corrected chi connectivity index (χ2v) is 4.29. The maximum absolute atomic E-state index is 12.7. The first kappa shape index (κ1) is 13.8. The second kappa shape index (κ2) is 4.96. The van der Waals surface area contributed by atoms with E-state index in [4.69, 9.17) is 17.3 Å². The average molecular weight is 265 g/mol. The predicted molar refractivity (Wildman–Crippen MR) is 62.6 cm³/mol. The summed E-state index contributed by atoms with van der Waals surface area (Å²) in [7, 11) is 0. The molecule has 0 saturated carbocycles. The van der Waals surface area contributed by atoms with Crippen molar-refractivity contribution >= 4 is 23.1 Å². The Hall–Kier alpha value is -1.23. The van der Waals surface area contributed by atoms with Crippen LogP contribution < -0.4 is 5.73 Å². The van der Waals surface area contributed by atoms with E-state index in [0.29, 0.717) is 0 Å². The molecule has 0 fully saturated rings. The highest BCUT2D eigenvalue weighted by Gasteiger charge is 2.33. The van der Waals surface area contributed by atoms with Gasteiger partial charge >= 0.3 is 6.18 Å². The van der Waals surface area contributed by atoms with Gasteiger partial charge in [-0.05, 0) is 18.2 Å². The third-order valence-corrected chi connectivity index (χ3v) is 2.34. The SMILES string of the molecule is CC(C)C(N)=Nc1ccc(Cl)cc1C(F)(F)F. The van der Waals surface area contributed by atoms with Gasteiger partial charge < -0.3 is 5.73 Å². The number of halogens is 4. The zero-order valence-corrected chi connectivity index (χ0v) is 10.1. The molecule has 0 aromatic heterocycles. The quantitative estimate of drug-likeness (QED) is 0.636. The van der Waals surface area contributed by atoms with Crippen LogP contribution in [0.5, 0.6) is 0 Å². The molecule has 0 heterocycles. The maximum atomic E-state index is 12.7. The summed E-state index contributed by atoms with van der Waals surface area (Å²) in [6.07, 6.45) is -4.50. The Kier molecular flexibility index (Phi) is 4.03. The average Bonchev–Trinajstić information content (AvgIpc) is 2.18. The minimum atomic E-state index is -4.50. The van der Waals surface area contributed by atoms with E-state index in [9.17, 15) is 13.2 Å². The smallest absolute Gasteiger partial charge is 0.387 e. The van der Waals surface area contributed by atoms with Crippen molar-refractivity contribution in [2.75, 3.05) is 0 Å². The Morgan fingerprint density at radius 2 is 1.94 bits per heavy atom. The summed E-state index contributed by atoms with van der Waals surface area (Å²) in [5.74, 6) is 0.0320. The van der Waals surface area contributed by atoms with E-state index < -0.39 is 11.7 Å². The van der Waals surface area contributed by atoms with Crippen molar-refractivity contribution in [2.24, 2.45) is 16.6 Å². The molecular weight excluding hydrogens is 253 g/mol. The number of hydrogen-bond donors (Lipinski definition) is 1. The van der Waals surface area contributed by atoms with Crippen LogP contribution >= 0.6 is 11.6 Å². The lowest BCUT2D eigenvalue weighted by molar-refractivity contribution is -0.137. The Morgan fingerprint density at radius 3 is 2.41 bits per heavy atom. The highest BCUT2D eigenvalue weighted by atomic mass is 35.5. The number of alkyl halides is 3. The van der Waals surface area contributed by atoms with Gasteiger partial charge in [0.25, 0.3) is 0 Å². The zero-order valence-electron chi connectivity index (χ0n) is 9.35. The van der Waals surface area contributed by atoms with Crippen molar-refractivity contribution in [3.8, 4) is 0 Å². The summed E-state index contributed by atoms with van der Waals surface area (Å²) in [5.41, 5.74) is 4.45. The third kappa shape index (κ3) is 3.63. The molecule has 1 aromatic rings. The van der Waals surface area contributed by atoms with Crippen LogP contribution in [0, 0.1) is 5.92 Å². The first-order chi connectivity index (χ1) is 7.71. The molecular formula is C11H12ClF3N2. The molecule has 0 radical (unpaired) electrons. The lowest BCUT2D eigenvalue weighted by Gasteiger charge is -2.11. The molecule has 0 spiro atoms. The fraction of sp³-hybridized carbons (Fsp3) is 0.364. The van der Waals surface area contributed by atoms with Crippen molar-refractivity contribution in [2.45, 2.75) is 20.0 Å². The van der Waals surface area contributed by atoms with Gasteiger partial charge in [-0.3, -0.25) is 0 Å². The van der Waals surface area contributed by atoms with Gasteiger partial charge in [0.15, 0.2) is 0 Å². The lowest BCUT2D eigenvalue weighted by atomic mass is 10.1. The van der Waals surface area contributed by atoms with Gasteiger partial charge in [-0.1, -0.05) is 25.4 Å². The fourth-order valence-corrected chi connectivity index (χ4v) is 1.27.